The third kappa shape index (κ3) is 2.53. The molecule has 0 atom stereocenters. The smallest absolute Gasteiger partial charge is 0.201 e. The molecule has 0 aliphatic heterocycles. The van der Waals surface area contributed by atoms with Gasteiger partial charge in [0.15, 0.2) is 0 Å². The molecule has 2 aliphatic rings. The van der Waals surface area contributed by atoms with Gasteiger partial charge in [0.05, 0.1) is 0 Å². The molecule has 0 saturated heterocycles. The zero-order valence-corrected chi connectivity index (χ0v) is 15.4. The average Bonchev–Trinajstić information content (AvgIpc) is 2.91. The van der Waals surface area contributed by atoms with Crippen molar-refractivity contribution in [3.8, 4) is 0 Å². The van der Waals surface area contributed by atoms with Crippen LogP contribution in [0, 0.1) is 0 Å². The van der Waals surface area contributed by atoms with Crippen molar-refractivity contribution in [3.63, 3.8) is 0 Å². The molecule has 0 N–H and O–H groups in total. The highest BCUT2D eigenvalue weighted by atomic mass is 19.3. The van der Waals surface area contributed by atoms with Crippen molar-refractivity contribution in [3.05, 3.63) is 34.4 Å². The van der Waals surface area contributed by atoms with Crippen LogP contribution in [-0.2, 0) is 22.2 Å². The summed E-state index contributed by atoms with van der Waals surface area (Å²) in [6.07, 6.45) is 4.03. The Bertz CT molecular complexity index is 620. The van der Waals surface area contributed by atoms with E-state index in [0.717, 1.165) is 42.4 Å². The van der Waals surface area contributed by atoms with E-state index in [-0.39, 0.29) is 22.7 Å². The first kappa shape index (κ1) is 16.9. The number of alkyl halides is 2. The predicted octanol–water partition coefficient (Wildman–Crippen LogP) is 6.59. The van der Waals surface area contributed by atoms with Crippen LogP contribution in [0.15, 0.2) is 12.1 Å². The number of hydrogen-bond acceptors (Lipinski definition) is 0. The quantitative estimate of drug-likeness (QED) is 0.506. The summed E-state index contributed by atoms with van der Waals surface area (Å²) < 4.78 is 30.4. The Morgan fingerprint density at radius 2 is 1.22 bits per heavy atom. The molecule has 0 radical (unpaired) electrons. The molecule has 0 nitrogen and oxygen atoms in total. The van der Waals surface area contributed by atoms with E-state index in [1.165, 1.54) is 0 Å². The van der Waals surface area contributed by atoms with Gasteiger partial charge in [0.2, 0.25) is 0 Å². The fraction of sp³-hybridized carbons (Fsp3) is 0.714. The van der Waals surface area contributed by atoms with E-state index in [1.807, 2.05) is 6.07 Å². The molecule has 0 unspecified atom stereocenters. The lowest BCUT2D eigenvalue weighted by Crippen LogP contribution is -2.26. The Morgan fingerprint density at radius 1 is 0.783 bits per heavy atom. The van der Waals surface area contributed by atoms with Gasteiger partial charge in [0, 0.05) is 17.4 Å². The van der Waals surface area contributed by atoms with Crippen molar-refractivity contribution in [2.24, 2.45) is 0 Å². The zero-order chi connectivity index (χ0) is 17.3. The molecule has 1 aromatic carbocycles. The summed E-state index contributed by atoms with van der Waals surface area (Å²) in [5, 5.41) is 0. The summed E-state index contributed by atoms with van der Waals surface area (Å²) in [5.74, 6) is -2.69. The van der Waals surface area contributed by atoms with E-state index in [4.69, 9.17) is 0 Å². The maximum absolute atomic E-state index is 15.2. The highest BCUT2D eigenvalue weighted by molar-refractivity contribution is 5.56. The van der Waals surface area contributed by atoms with Gasteiger partial charge in [-0.2, -0.15) is 0 Å². The molecule has 1 fully saturated rings. The Kier molecular flexibility index (Phi) is 3.53. The second-order valence-electron chi connectivity index (χ2n) is 9.78. The van der Waals surface area contributed by atoms with Crippen molar-refractivity contribution in [2.75, 3.05) is 0 Å². The molecule has 0 heterocycles. The summed E-state index contributed by atoms with van der Waals surface area (Å²) in [7, 11) is 0. The summed E-state index contributed by atoms with van der Waals surface area (Å²) >= 11 is 0. The molecule has 3 rings (SSSR count). The second-order valence-corrected chi connectivity index (χ2v) is 9.78. The summed E-state index contributed by atoms with van der Waals surface area (Å²) in [6, 6.07) is 4.11. The van der Waals surface area contributed by atoms with E-state index < -0.39 is 5.92 Å². The van der Waals surface area contributed by atoms with E-state index in [2.05, 4.69) is 47.6 Å². The van der Waals surface area contributed by atoms with Crippen LogP contribution in [0.25, 0.3) is 0 Å². The highest BCUT2D eigenvalue weighted by Crippen LogP contribution is 2.62. The van der Waals surface area contributed by atoms with Crippen LogP contribution < -0.4 is 0 Å². The van der Waals surface area contributed by atoms with Crippen LogP contribution in [0.3, 0.4) is 0 Å². The standard InChI is InChI=1S/C21H30F2/c1-18(2,3)14-9-10-15(19(4,5)6)17-16(14)20(11-7-8-12-20)13-21(17,22)23/h9-10H,7-8,11-13H2,1-6H3. The molecule has 1 aromatic rings. The van der Waals surface area contributed by atoms with Crippen molar-refractivity contribution in [1.29, 1.82) is 0 Å². The average molecular weight is 320 g/mol. The van der Waals surface area contributed by atoms with Gasteiger partial charge < -0.3 is 0 Å². The molecule has 1 saturated carbocycles. The van der Waals surface area contributed by atoms with Gasteiger partial charge in [-0.05, 0) is 40.4 Å². The molecule has 0 bridgehead atoms. The Balaban J connectivity index is 2.38. The molecule has 1 spiro atoms. The van der Waals surface area contributed by atoms with E-state index >= 15 is 8.78 Å². The third-order valence-corrected chi connectivity index (χ3v) is 5.84. The highest BCUT2D eigenvalue weighted by Gasteiger charge is 2.57. The predicted molar refractivity (Wildman–Crippen MR) is 92.5 cm³/mol. The number of halogens is 2. The van der Waals surface area contributed by atoms with Crippen molar-refractivity contribution in [2.45, 2.75) is 95.8 Å². The van der Waals surface area contributed by atoms with Gasteiger partial charge in [-0.1, -0.05) is 66.5 Å². The minimum absolute atomic E-state index is 0.0194. The lowest BCUT2D eigenvalue weighted by molar-refractivity contribution is -0.0186. The molecular weight excluding hydrogens is 290 g/mol. The van der Waals surface area contributed by atoms with Crippen molar-refractivity contribution < 1.29 is 8.78 Å². The summed E-state index contributed by atoms with van der Waals surface area (Å²) in [4.78, 5) is 0. The first-order chi connectivity index (χ1) is 10.4. The second kappa shape index (κ2) is 4.80. The normalized spacial score (nSPS) is 22.6. The van der Waals surface area contributed by atoms with Gasteiger partial charge in [0.25, 0.3) is 5.92 Å². The summed E-state index contributed by atoms with van der Waals surface area (Å²) in [6.45, 7) is 12.6. The van der Waals surface area contributed by atoms with Gasteiger partial charge in [-0.25, -0.2) is 8.78 Å². The largest absolute Gasteiger partial charge is 0.274 e. The number of rotatable bonds is 0. The molecule has 0 aromatic heterocycles. The van der Waals surface area contributed by atoms with Crippen molar-refractivity contribution in [1.82, 2.24) is 0 Å². The fourth-order valence-electron chi connectivity index (χ4n) is 4.86. The van der Waals surface area contributed by atoms with Crippen LogP contribution >= 0.6 is 0 Å². The Morgan fingerprint density at radius 3 is 1.65 bits per heavy atom. The first-order valence-corrected chi connectivity index (χ1v) is 8.95. The van der Waals surface area contributed by atoms with Gasteiger partial charge in [-0.15, -0.1) is 0 Å². The maximum atomic E-state index is 15.2. The van der Waals surface area contributed by atoms with Crippen molar-refractivity contribution >= 4 is 0 Å². The van der Waals surface area contributed by atoms with Gasteiger partial charge in [-0.3, -0.25) is 0 Å². The van der Waals surface area contributed by atoms with Gasteiger partial charge in [0.1, 0.15) is 0 Å². The monoisotopic (exact) mass is 320 g/mol. The summed E-state index contributed by atoms with van der Waals surface area (Å²) in [5.41, 5.74) is 2.72. The lowest BCUT2D eigenvalue weighted by Gasteiger charge is -2.33. The lowest BCUT2D eigenvalue weighted by atomic mass is 9.70. The number of benzene rings is 1. The van der Waals surface area contributed by atoms with Crippen LogP contribution in [0.1, 0.15) is 95.9 Å². The van der Waals surface area contributed by atoms with Crippen LogP contribution in [0.4, 0.5) is 8.78 Å². The minimum Gasteiger partial charge on any atom is -0.201 e. The molecule has 23 heavy (non-hydrogen) atoms. The molecule has 0 amide bonds. The van der Waals surface area contributed by atoms with Crippen LogP contribution in [-0.4, -0.2) is 0 Å². The fourth-order valence-corrected chi connectivity index (χ4v) is 4.86. The molecule has 128 valence electrons. The Hall–Kier alpha value is -0.920. The van der Waals surface area contributed by atoms with Crippen LogP contribution in [0.2, 0.25) is 0 Å². The van der Waals surface area contributed by atoms with E-state index in [0.29, 0.717) is 5.56 Å². The SMILES string of the molecule is CC(C)(C)c1ccc(C(C)(C)C)c2c1C(F)(F)CC21CCCC1. The topological polar surface area (TPSA) is 0 Å². The third-order valence-electron chi connectivity index (χ3n) is 5.84. The molecule has 2 heteroatoms. The Labute approximate surface area is 139 Å². The number of hydrogen-bond donors (Lipinski definition) is 0. The first-order valence-electron chi connectivity index (χ1n) is 8.95. The molecular formula is C21H30F2. The minimum atomic E-state index is -2.69. The van der Waals surface area contributed by atoms with Gasteiger partial charge >= 0.3 is 0 Å². The van der Waals surface area contributed by atoms with Crippen LogP contribution in [0.5, 0.6) is 0 Å². The van der Waals surface area contributed by atoms with E-state index in [9.17, 15) is 0 Å². The van der Waals surface area contributed by atoms with E-state index in [1.54, 1.807) is 0 Å². The maximum Gasteiger partial charge on any atom is 0.274 e. The molecule has 2 aliphatic carbocycles. The zero-order valence-electron chi connectivity index (χ0n) is 15.4. The number of fused-ring (bicyclic) bond motifs is 2.